The number of hydrogen-bond donors (Lipinski definition) is 0. The van der Waals surface area contributed by atoms with Crippen LogP contribution in [0.3, 0.4) is 0 Å². The van der Waals surface area contributed by atoms with Crippen molar-refractivity contribution in [1.29, 1.82) is 0 Å². The molecule has 160 valence electrons. The lowest BCUT2D eigenvalue weighted by Gasteiger charge is -2.58. The van der Waals surface area contributed by atoms with E-state index in [9.17, 15) is 13.2 Å². The van der Waals surface area contributed by atoms with Gasteiger partial charge in [0.1, 0.15) is 5.25 Å². The molecular formula is C19H27Cl4NO3S. The minimum atomic E-state index is -3.89. The Kier molecular flexibility index (Phi) is 6.39. The van der Waals surface area contributed by atoms with Gasteiger partial charge in [0.15, 0.2) is 8.67 Å². The summed E-state index contributed by atoms with van der Waals surface area (Å²) in [6.07, 6.45) is 4.42. The Hall–Kier alpha value is 0.320. The molecule has 2 fully saturated rings. The Morgan fingerprint density at radius 2 is 1.39 bits per heavy atom. The first-order valence-corrected chi connectivity index (χ1v) is 13.0. The number of carbonyl (C=O) groups is 1. The lowest BCUT2D eigenvalue weighted by molar-refractivity contribution is -0.131. The molecule has 1 heterocycles. The smallest absolute Gasteiger partial charge is 0.241 e. The van der Waals surface area contributed by atoms with Crippen LogP contribution >= 0.6 is 46.4 Å². The van der Waals surface area contributed by atoms with Crippen LogP contribution in [0.1, 0.15) is 59.3 Å². The highest BCUT2D eigenvalue weighted by molar-refractivity contribution is 7.90. The quantitative estimate of drug-likeness (QED) is 0.352. The Labute approximate surface area is 187 Å². The van der Waals surface area contributed by atoms with Crippen LogP contribution in [0.4, 0.5) is 0 Å². The number of halogens is 4. The van der Waals surface area contributed by atoms with Gasteiger partial charge < -0.3 is 0 Å². The monoisotopic (exact) mass is 489 g/mol. The third kappa shape index (κ3) is 2.97. The molecule has 1 saturated heterocycles. The Balaban J connectivity index is 2.24. The van der Waals surface area contributed by atoms with E-state index >= 15 is 0 Å². The van der Waals surface area contributed by atoms with Crippen LogP contribution in [0.15, 0.2) is 11.1 Å². The van der Waals surface area contributed by atoms with Gasteiger partial charge in [-0.25, -0.2) is 12.7 Å². The second-order valence-electron chi connectivity index (χ2n) is 8.05. The lowest BCUT2D eigenvalue weighted by Crippen LogP contribution is -2.66. The summed E-state index contributed by atoms with van der Waals surface area (Å²) >= 11 is 26.9. The number of nitrogens with zero attached hydrogens (tertiary/aromatic N) is 1. The van der Waals surface area contributed by atoms with E-state index in [4.69, 9.17) is 46.4 Å². The number of carbonyl (C=O) groups excluding carboxylic acids is 1. The predicted octanol–water partition coefficient (Wildman–Crippen LogP) is 5.45. The highest BCUT2D eigenvalue weighted by Crippen LogP contribution is 2.70. The van der Waals surface area contributed by atoms with E-state index < -0.39 is 47.6 Å². The number of sulfonamides is 1. The third-order valence-electron chi connectivity index (χ3n) is 6.37. The number of unbranched alkanes of at least 4 members (excludes halogenated alkanes) is 1. The summed E-state index contributed by atoms with van der Waals surface area (Å²) in [6.45, 7) is 6.19. The van der Waals surface area contributed by atoms with Crippen molar-refractivity contribution in [1.82, 2.24) is 4.31 Å². The van der Waals surface area contributed by atoms with E-state index in [1.165, 1.54) is 0 Å². The zero-order chi connectivity index (χ0) is 21.1. The summed E-state index contributed by atoms with van der Waals surface area (Å²) in [5, 5.41) is -0.996. The van der Waals surface area contributed by atoms with Crippen molar-refractivity contribution >= 4 is 62.3 Å². The molecule has 4 rings (SSSR count). The number of allylic oxidation sites excluding steroid dienone is 2. The van der Waals surface area contributed by atoms with E-state index in [-0.39, 0.29) is 6.54 Å². The first-order valence-electron chi connectivity index (χ1n) is 10.0. The Morgan fingerprint density at radius 1 is 0.893 bits per heavy atom. The summed E-state index contributed by atoms with van der Waals surface area (Å²) < 4.78 is 24.6. The highest BCUT2D eigenvalue weighted by Gasteiger charge is 2.77. The van der Waals surface area contributed by atoms with E-state index in [2.05, 4.69) is 0 Å². The third-order valence-corrected chi connectivity index (χ3v) is 11.1. The molecule has 1 saturated carbocycles. The summed E-state index contributed by atoms with van der Waals surface area (Å²) in [7, 11) is -3.89. The molecule has 0 spiro atoms. The van der Waals surface area contributed by atoms with Crippen LogP contribution in [-0.2, 0) is 14.8 Å². The van der Waals surface area contributed by atoms with Crippen molar-refractivity contribution in [2.24, 2.45) is 17.8 Å². The van der Waals surface area contributed by atoms with Gasteiger partial charge in [0.05, 0.1) is 5.92 Å². The van der Waals surface area contributed by atoms with Gasteiger partial charge in [-0.2, -0.15) is 0 Å². The van der Waals surface area contributed by atoms with Crippen molar-refractivity contribution < 1.29 is 13.2 Å². The molecule has 1 amide bonds. The number of fused-ring (bicyclic) bond motifs is 1. The fraction of sp³-hybridized carbons (Fsp3) is 0.842. The standard InChI is InChI=1S/C19H27Cl4NO3S/c1-4-7-10-24-17(25)13-14-11(8-5-2)12(9-6-3)15(16(13)28(24,26)27)19(22,23)18(14,20)21/h13-16H,4-10H2,1-3H3. The zero-order valence-corrected chi connectivity index (χ0v) is 20.2. The first-order chi connectivity index (χ1) is 13.0. The van der Waals surface area contributed by atoms with Gasteiger partial charge in [0.25, 0.3) is 0 Å². The summed E-state index contributed by atoms with van der Waals surface area (Å²) in [6, 6.07) is 0. The van der Waals surface area contributed by atoms with Crippen LogP contribution < -0.4 is 0 Å². The maximum atomic E-state index is 13.4. The summed E-state index contributed by atoms with van der Waals surface area (Å²) in [4.78, 5) is 13.3. The number of alkyl halides is 4. The van der Waals surface area contributed by atoms with Crippen LogP contribution in [0.5, 0.6) is 0 Å². The fourth-order valence-electron chi connectivity index (χ4n) is 5.28. The minimum absolute atomic E-state index is 0.172. The summed E-state index contributed by atoms with van der Waals surface area (Å²) in [5.74, 6) is -2.72. The number of hydrogen-bond acceptors (Lipinski definition) is 3. The summed E-state index contributed by atoms with van der Waals surface area (Å²) in [5.41, 5.74) is 1.92. The lowest BCUT2D eigenvalue weighted by atomic mass is 9.58. The topological polar surface area (TPSA) is 54.5 Å². The van der Waals surface area contributed by atoms with Gasteiger partial charge in [-0.15, -0.1) is 0 Å². The van der Waals surface area contributed by atoms with Gasteiger partial charge in [-0.05, 0) is 19.3 Å². The average Bonchev–Trinajstić information content (AvgIpc) is 2.79. The molecule has 9 heteroatoms. The SMILES string of the molecule is CCCCN1C(=O)C2C3C(CCC)=C(CCC)C(C2S1(=O)=O)C(Cl)(Cl)C3(Cl)Cl. The van der Waals surface area contributed by atoms with Crippen LogP contribution in [0.2, 0.25) is 0 Å². The van der Waals surface area contributed by atoms with Crippen molar-refractivity contribution in [3.63, 3.8) is 0 Å². The van der Waals surface area contributed by atoms with Gasteiger partial charge in [-0.3, -0.25) is 4.79 Å². The molecule has 2 bridgehead atoms. The van der Waals surface area contributed by atoms with E-state index in [1.54, 1.807) is 0 Å². The maximum Gasteiger partial charge on any atom is 0.241 e. The molecule has 0 radical (unpaired) electrons. The number of amides is 1. The molecule has 0 aromatic heterocycles. The number of rotatable bonds is 7. The van der Waals surface area contributed by atoms with Gasteiger partial charge in [-0.1, -0.05) is 97.6 Å². The van der Waals surface area contributed by atoms with Crippen LogP contribution in [0.25, 0.3) is 0 Å². The Bertz CT molecular complexity index is 793. The molecule has 4 unspecified atom stereocenters. The first kappa shape index (κ1) is 23.0. The average molecular weight is 491 g/mol. The molecule has 0 aromatic carbocycles. The molecule has 4 aliphatic rings. The molecule has 28 heavy (non-hydrogen) atoms. The van der Waals surface area contributed by atoms with Crippen molar-refractivity contribution in [2.75, 3.05) is 6.54 Å². The van der Waals surface area contributed by atoms with E-state index in [1.807, 2.05) is 20.8 Å². The molecule has 1 aliphatic heterocycles. The minimum Gasteiger partial charge on any atom is -0.273 e. The second kappa shape index (κ2) is 7.78. The van der Waals surface area contributed by atoms with E-state index in [0.717, 1.165) is 34.7 Å². The van der Waals surface area contributed by atoms with Crippen molar-refractivity contribution in [3.8, 4) is 0 Å². The van der Waals surface area contributed by atoms with E-state index in [0.29, 0.717) is 19.3 Å². The van der Waals surface area contributed by atoms with Gasteiger partial charge in [0.2, 0.25) is 15.9 Å². The van der Waals surface area contributed by atoms with Crippen molar-refractivity contribution in [3.05, 3.63) is 11.1 Å². The van der Waals surface area contributed by atoms with Gasteiger partial charge in [0, 0.05) is 18.4 Å². The molecular weight excluding hydrogens is 464 g/mol. The fourth-order valence-corrected chi connectivity index (χ4v) is 9.38. The molecule has 4 nitrogen and oxygen atoms in total. The molecule has 0 aromatic rings. The highest BCUT2D eigenvalue weighted by atomic mass is 35.5. The van der Waals surface area contributed by atoms with Crippen molar-refractivity contribution in [2.45, 2.75) is 73.2 Å². The normalized spacial score (nSPS) is 34.8. The zero-order valence-electron chi connectivity index (χ0n) is 16.4. The Morgan fingerprint density at radius 3 is 1.89 bits per heavy atom. The van der Waals surface area contributed by atoms with Gasteiger partial charge >= 0.3 is 0 Å². The largest absolute Gasteiger partial charge is 0.273 e. The van der Waals surface area contributed by atoms with Crippen LogP contribution in [-0.4, -0.2) is 39.1 Å². The predicted molar refractivity (Wildman–Crippen MR) is 116 cm³/mol. The second-order valence-corrected chi connectivity index (χ2v) is 12.8. The molecule has 4 atom stereocenters. The maximum absolute atomic E-state index is 13.4. The molecule has 3 aliphatic carbocycles. The molecule has 0 N–H and O–H groups in total. The van der Waals surface area contributed by atoms with Crippen LogP contribution in [0, 0.1) is 17.8 Å².